The second-order valence-corrected chi connectivity index (χ2v) is 8.08. The first kappa shape index (κ1) is 22.9. The Bertz CT molecular complexity index is 1460. The zero-order chi connectivity index (χ0) is 24.1. The molecule has 6 nitrogen and oxygen atoms in total. The molecule has 0 aliphatic heterocycles. The summed E-state index contributed by atoms with van der Waals surface area (Å²) in [7, 11) is 0. The number of ether oxygens (including phenoxy) is 1. The molecule has 0 radical (unpaired) electrons. The van der Waals surface area contributed by atoms with Crippen molar-refractivity contribution in [1.82, 2.24) is 9.78 Å². The summed E-state index contributed by atoms with van der Waals surface area (Å²) < 4.78 is 7.32. The Hall–Kier alpha value is -4.23. The molecule has 0 amide bonds. The van der Waals surface area contributed by atoms with Crippen molar-refractivity contribution in [3.63, 3.8) is 0 Å². The van der Waals surface area contributed by atoms with Gasteiger partial charge in [0.05, 0.1) is 11.3 Å². The quantitative estimate of drug-likeness (QED) is 0.324. The highest BCUT2D eigenvalue weighted by atomic mass is 35.5. The lowest BCUT2D eigenvalue weighted by molar-refractivity contribution is 0.306. The van der Waals surface area contributed by atoms with E-state index < -0.39 is 0 Å². The highest BCUT2D eigenvalue weighted by molar-refractivity contribution is 6.35. The van der Waals surface area contributed by atoms with Crippen LogP contribution < -0.4 is 10.5 Å². The number of halogens is 2. The lowest BCUT2D eigenvalue weighted by Gasteiger charge is -2.09. The second-order valence-electron chi connectivity index (χ2n) is 7.23. The summed E-state index contributed by atoms with van der Waals surface area (Å²) in [6.07, 6.45) is 1.64. The van der Waals surface area contributed by atoms with Crippen molar-refractivity contribution in [3.05, 3.63) is 105 Å². The van der Waals surface area contributed by atoms with Crippen molar-refractivity contribution in [2.24, 2.45) is 0 Å². The molecule has 3 aromatic carbocycles. The molecule has 1 heterocycles. The van der Waals surface area contributed by atoms with E-state index in [0.29, 0.717) is 27.0 Å². The minimum Gasteiger partial charge on any atom is -0.489 e. The van der Waals surface area contributed by atoms with Crippen LogP contribution in [0.3, 0.4) is 0 Å². The van der Waals surface area contributed by atoms with Crippen molar-refractivity contribution in [3.8, 4) is 23.6 Å². The van der Waals surface area contributed by atoms with Crippen LogP contribution in [0.15, 0.2) is 72.8 Å². The Balaban J connectivity index is 1.64. The summed E-state index contributed by atoms with van der Waals surface area (Å²) in [5.41, 5.74) is 8.92. The van der Waals surface area contributed by atoms with Gasteiger partial charge in [0, 0.05) is 15.6 Å². The van der Waals surface area contributed by atoms with Gasteiger partial charge in [0.25, 0.3) is 0 Å². The van der Waals surface area contributed by atoms with Gasteiger partial charge in [-0.3, -0.25) is 0 Å². The Morgan fingerprint density at radius 2 is 1.82 bits per heavy atom. The fourth-order valence-corrected chi connectivity index (χ4v) is 3.77. The summed E-state index contributed by atoms with van der Waals surface area (Å²) in [6, 6.07) is 25.8. The molecule has 0 bridgehead atoms. The molecule has 0 aliphatic carbocycles. The molecule has 4 rings (SSSR count). The predicted molar refractivity (Wildman–Crippen MR) is 133 cm³/mol. The molecule has 0 saturated heterocycles. The first-order valence-corrected chi connectivity index (χ1v) is 10.9. The predicted octanol–water partition coefficient (Wildman–Crippen LogP) is 6.28. The van der Waals surface area contributed by atoms with Crippen molar-refractivity contribution in [2.75, 3.05) is 5.73 Å². The van der Waals surface area contributed by atoms with Gasteiger partial charge >= 0.3 is 0 Å². The van der Waals surface area contributed by atoms with Crippen LogP contribution in [0.4, 0.5) is 5.82 Å². The molecule has 0 saturated carbocycles. The van der Waals surface area contributed by atoms with Gasteiger partial charge in [-0.15, -0.1) is 0 Å². The number of allylic oxidation sites excluding steroid dienone is 1. The molecule has 8 heteroatoms. The largest absolute Gasteiger partial charge is 0.489 e. The topological polar surface area (TPSA) is 101 Å². The number of hydrogen-bond donors (Lipinski definition) is 1. The maximum atomic E-state index is 9.83. The highest BCUT2D eigenvalue weighted by Gasteiger charge is 2.20. The zero-order valence-corrected chi connectivity index (χ0v) is 19.3. The second kappa shape index (κ2) is 10.1. The van der Waals surface area contributed by atoms with Crippen LogP contribution in [-0.2, 0) is 6.61 Å². The van der Waals surface area contributed by atoms with Gasteiger partial charge in [-0.25, -0.2) is 4.68 Å². The number of hydrogen-bond acceptors (Lipinski definition) is 5. The smallest absolute Gasteiger partial charge is 0.145 e. The molecule has 2 N–H and O–H groups in total. The van der Waals surface area contributed by atoms with Crippen molar-refractivity contribution in [1.29, 1.82) is 10.5 Å². The third kappa shape index (κ3) is 4.89. The van der Waals surface area contributed by atoms with Crippen LogP contribution in [0, 0.1) is 22.7 Å². The van der Waals surface area contributed by atoms with E-state index in [2.05, 4.69) is 17.2 Å². The Kier molecular flexibility index (Phi) is 6.85. The lowest BCUT2D eigenvalue weighted by Crippen LogP contribution is -2.02. The summed E-state index contributed by atoms with van der Waals surface area (Å²) in [4.78, 5) is 0. The first-order chi connectivity index (χ1) is 16.5. The number of nitriles is 2. The number of benzene rings is 3. The number of anilines is 1. The van der Waals surface area contributed by atoms with E-state index in [0.717, 1.165) is 5.56 Å². The van der Waals surface area contributed by atoms with Gasteiger partial charge < -0.3 is 10.5 Å². The molecule has 0 unspecified atom stereocenters. The summed E-state index contributed by atoms with van der Waals surface area (Å²) in [5.74, 6) is 0.758. The van der Waals surface area contributed by atoms with E-state index in [-0.39, 0.29) is 29.3 Å². The van der Waals surface area contributed by atoms with Gasteiger partial charge in [0.2, 0.25) is 0 Å². The summed E-state index contributed by atoms with van der Waals surface area (Å²) >= 11 is 12.2. The number of para-hydroxylation sites is 1. The van der Waals surface area contributed by atoms with Crippen molar-refractivity contribution >= 4 is 40.7 Å². The van der Waals surface area contributed by atoms with Crippen LogP contribution in [0.5, 0.6) is 5.75 Å². The van der Waals surface area contributed by atoms with E-state index in [1.54, 1.807) is 36.4 Å². The summed E-state index contributed by atoms with van der Waals surface area (Å²) in [5, 5.41) is 25.0. The molecule has 0 spiro atoms. The fraction of sp³-hybridized carbons (Fsp3) is 0.0385. The van der Waals surface area contributed by atoms with Crippen LogP contribution in [0.2, 0.25) is 10.0 Å². The Morgan fingerprint density at radius 1 is 1.03 bits per heavy atom. The molecular weight excluding hydrogens is 469 g/mol. The molecule has 0 atom stereocenters. The third-order valence-electron chi connectivity index (χ3n) is 4.99. The normalized spacial score (nSPS) is 11.0. The number of nitrogen functional groups attached to an aromatic ring is 1. The minimum absolute atomic E-state index is 0.140. The maximum Gasteiger partial charge on any atom is 0.145 e. The zero-order valence-electron chi connectivity index (χ0n) is 17.7. The van der Waals surface area contributed by atoms with E-state index in [1.165, 1.54) is 4.68 Å². The minimum atomic E-state index is 0.140. The van der Waals surface area contributed by atoms with Gasteiger partial charge in [-0.1, -0.05) is 59.6 Å². The van der Waals surface area contributed by atoms with Crippen LogP contribution >= 0.6 is 23.2 Å². The van der Waals surface area contributed by atoms with Crippen LogP contribution in [-0.4, -0.2) is 9.78 Å². The molecular formula is C26H17Cl2N5O. The van der Waals surface area contributed by atoms with Crippen molar-refractivity contribution < 1.29 is 4.74 Å². The van der Waals surface area contributed by atoms with Gasteiger partial charge in [0.1, 0.15) is 41.6 Å². The van der Waals surface area contributed by atoms with Gasteiger partial charge in [0.15, 0.2) is 0 Å². The molecule has 166 valence electrons. The van der Waals surface area contributed by atoms with Gasteiger partial charge in [-0.2, -0.15) is 15.6 Å². The van der Waals surface area contributed by atoms with Gasteiger partial charge in [-0.05, 0) is 48.0 Å². The average molecular weight is 486 g/mol. The SMILES string of the molecule is N#C/C(=C\c1cccc(OCc2ccc(Cl)cc2Cl)c1)c1nn(-c2ccccc2)c(N)c1C#N. The number of rotatable bonds is 6. The highest BCUT2D eigenvalue weighted by Crippen LogP contribution is 2.28. The van der Waals surface area contributed by atoms with E-state index >= 15 is 0 Å². The number of nitrogens with zero attached hydrogens (tertiary/aromatic N) is 4. The standard InChI is InChI=1S/C26H17Cl2N5O/c27-20-10-9-18(24(28)13-20)16-34-22-8-4-5-17(12-22)11-19(14-29)25-23(15-30)26(31)33(32-25)21-6-2-1-3-7-21/h1-13H,16,31H2/b19-11+. The Labute approximate surface area is 206 Å². The lowest BCUT2D eigenvalue weighted by atomic mass is 10.1. The van der Waals surface area contributed by atoms with Crippen LogP contribution in [0.25, 0.3) is 17.3 Å². The maximum absolute atomic E-state index is 9.83. The van der Waals surface area contributed by atoms with E-state index in [4.69, 9.17) is 33.7 Å². The van der Waals surface area contributed by atoms with Crippen molar-refractivity contribution in [2.45, 2.75) is 6.61 Å². The summed E-state index contributed by atoms with van der Waals surface area (Å²) in [6.45, 7) is 0.255. The molecule has 1 aromatic heterocycles. The number of nitrogens with two attached hydrogens (primary N) is 1. The van der Waals surface area contributed by atoms with E-state index in [1.807, 2.05) is 42.5 Å². The molecule has 0 aliphatic rings. The number of aromatic nitrogens is 2. The van der Waals surface area contributed by atoms with Crippen LogP contribution in [0.1, 0.15) is 22.4 Å². The average Bonchev–Trinajstić information content (AvgIpc) is 3.18. The Morgan fingerprint density at radius 3 is 2.53 bits per heavy atom. The monoisotopic (exact) mass is 485 g/mol. The van der Waals surface area contributed by atoms with E-state index in [9.17, 15) is 10.5 Å². The molecule has 4 aromatic rings. The molecule has 34 heavy (non-hydrogen) atoms. The third-order valence-corrected chi connectivity index (χ3v) is 5.57. The molecule has 0 fully saturated rings. The first-order valence-electron chi connectivity index (χ1n) is 10.1. The fourth-order valence-electron chi connectivity index (χ4n) is 3.31.